The largest absolute Gasteiger partial charge is 0.478 e. The lowest BCUT2D eigenvalue weighted by molar-refractivity contribution is -0.226. The van der Waals surface area contributed by atoms with E-state index in [1.807, 2.05) is 18.3 Å². The van der Waals surface area contributed by atoms with Gasteiger partial charge in [-0.1, -0.05) is 58.4 Å². The average molecular weight is 680 g/mol. The summed E-state index contributed by atoms with van der Waals surface area (Å²) >= 11 is 0. The molecule has 0 aliphatic heterocycles. The van der Waals surface area contributed by atoms with Crippen molar-refractivity contribution >= 4 is 11.5 Å². The Morgan fingerprint density at radius 3 is 2.42 bits per heavy atom. The van der Waals surface area contributed by atoms with Crippen molar-refractivity contribution in [2.45, 2.75) is 126 Å². The molecular formula is C45H65N3O2. The van der Waals surface area contributed by atoms with Gasteiger partial charge in [-0.25, -0.2) is 9.78 Å². The number of carboxylic acids is 1. The van der Waals surface area contributed by atoms with Crippen LogP contribution in [0.1, 0.15) is 134 Å². The van der Waals surface area contributed by atoms with Crippen LogP contribution in [-0.4, -0.2) is 33.7 Å². The third-order valence-corrected chi connectivity index (χ3v) is 16.5. The van der Waals surface area contributed by atoms with Crippen molar-refractivity contribution in [3.63, 3.8) is 0 Å². The van der Waals surface area contributed by atoms with Crippen LogP contribution >= 0.6 is 0 Å². The van der Waals surface area contributed by atoms with Gasteiger partial charge in [-0.2, -0.15) is 0 Å². The first kappa shape index (κ1) is 35.7. The van der Waals surface area contributed by atoms with Crippen LogP contribution < -0.4 is 5.32 Å². The van der Waals surface area contributed by atoms with E-state index in [1.54, 1.807) is 12.1 Å². The topological polar surface area (TPSA) is 67.2 Å². The van der Waals surface area contributed by atoms with Crippen molar-refractivity contribution in [3.8, 4) is 0 Å². The molecule has 5 aliphatic carbocycles. The molecule has 50 heavy (non-hydrogen) atoms. The number of aryl methyl sites for hydroxylation is 2. The number of allylic oxidation sites excluding steroid dienone is 3. The standard InChI is InChI=1S/C45H65N3O2/c1-30(2)28-34-16-21-45(29-46-24-9-26-48-27-25-47-31(48)3)23-22-43(7)36(39(34)45)14-15-38-42(6)19-17-35(32-10-12-33(13-11-32)40(49)50)41(4,5)37(42)18-20-44(38,43)8/h10-13,17,25,27,34,36-39,46H,1,9,14-16,18-24,26,28-29H2,2-8H3,(H,49,50)/t34-,36+,37-,38?,39+,42-,43+,44+,45+/m0/s1. The van der Waals surface area contributed by atoms with Gasteiger partial charge in [-0.15, -0.1) is 6.58 Å². The molecule has 1 heterocycles. The van der Waals surface area contributed by atoms with E-state index in [0.29, 0.717) is 27.7 Å². The number of carbonyl (C=O) groups is 1. The number of nitrogens with zero attached hydrogens (tertiary/aromatic N) is 2. The molecule has 5 nitrogen and oxygen atoms in total. The molecular weight excluding hydrogens is 615 g/mol. The Bertz CT molecular complexity index is 1640. The van der Waals surface area contributed by atoms with E-state index in [0.717, 1.165) is 55.4 Å². The van der Waals surface area contributed by atoms with Gasteiger partial charge < -0.3 is 15.0 Å². The fraction of sp³-hybridized carbons (Fsp3) is 0.689. The second kappa shape index (κ2) is 12.8. The molecule has 5 heteroatoms. The van der Waals surface area contributed by atoms with Crippen LogP contribution in [0.15, 0.2) is 54.9 Å². The lowest BCUT2D eigenvalue weighted by Gasteiger charge is -2.72. The highest BCUT2D eigenvalue weighted by Gasteiger charge is 2.70. The summed E-state index contributed by atoms with van der Waals surface area (Å²) in [5.41, 5.74) is 5.78. The number of rotatable bonds is 10. The van der Waals surface area contributed by atoms with E-state index < -0.39 is 5.97 Å². The van der Waals surface area contributed by atoms with Crippen LogP contribution in [-0.2, 0) is 6.54 Å². The Labute approximate surface area is 302 Å². The molecule has 9 atom stereocenters. The first-order chi connectivity index (χ1) is 23.7. The Balaban J connectivity index is 1.14. The van der Waals surface area contributed by atoms with E-state index >= 15 is 0 Å². The van der Waals surface area contributed by atoms with Crippen LogP contribution in [0.4, 0.5) is 0 Å². The zero-order chi connectivity index (χ0) is 35.7. The summed E-state index contributed by atoms with van der Waals surface area (Å²) in [6, 6.07) is 7.67. The van der Waals surface area contributed by atoms with E-state index in [1.165, 1.54) is 81.0 Å². The first-order valence-electron chi connectivity index (χ1n) is 20.0. The minimum Gasteiger partial charge on any atom is -0.478 e. The van der Waals surface area contributed by atoms with Crippen LogP contribution in [0, 0.1) is 63.6 Å². The van der Waals surface area contributed by atoms with Crippen LogP contribution in [0.2, 0.25) is 0 Å². The molecule has 4 fully saturated rings. The third-order valence-electron chi connectivity index (χ3n) is 16.5. The maximum absolute atomic E-state index is 11.6. The Hall–Kier alpha value is -2.66. The molecule has 0 saturated heterocycles. The lowest BCUT2D eigenvalue weighted by atomic mass is 9.32. The third kappa shape index (κ3) is 5.50. The fourth-order valence-electron chi connectivity index (χ4n) is 14.1. The molecule has 5 aliphatic rings. The van der Waals surface area contributed by atoms with Crippen molar-refractivity contribution in [1.29, 1.82) is 0 Å². The summed E-state index contributed by atoms with van der Waals surface area (Å²) in [5, 5.41) is 13.5. The number of aromatic nitrogens is 2. The summed E-state index contributed by atoms with van der Waals surface area (Å²) in [6.45, 7) is 25.3. The van der Waals surface area contributed by atoms with Crippen molar-refractivity contribution in [2.24, 2.45) is 56.7 Å². The predicted octanol–water partition coefficient (Wildman–Crippen LogP) is 10.6. The van der Waals surface area contributed by atoms with E-state index in [2.05, 4.69) is 82.2 Å². The minimum absolute atomic E-state index is 0.0405. The van der Waals surface area contributed by atoms with Gasteiger partial charge in [0.05, 0.1) is 5.56 Å². The SMILES string of the molecule is C=C(C)C[C@@H]1CC[C@]2(CNCCCn3ccnc3C)CC[C@]3(C)[C@H](CCC4[C@@]5(C)CC=C(c6ccc(C(=O)O)cc6)C(C)(C)[C@@H]5CC[C@]43C)[C@@H]12. The van der Waals surface area contributed by atoms with Crippen LogP contribution in [0.3, 0.4) is 0 Å². The van der Waals surface area contributed by atoms with Gasteiger partial charge in [-0.3, -0.25) is 0 Å². The van der Waals surface area contributed by atoms with Crippen LogP contribution in [0.5, 0.6) is 0 Å². The Morgan fingerprint density at radius 2 is 1.74 bits per heavy atom. The summed E-state index contributed by atoms with van der Waals surface area (Å²) < 4.78 is 2.28. The normalized spacial score (nSPS) is 38.7. The zero-order valence-electron chi connectivity index (χ0n) is 32.3. The quantitative estimate of drug-likeness (QED) is 0.194. The summed E-state index contributed by atoms with van der Waals surface area (Å²) in [7, 11) is 0. The number of hydrogen-bond donors (Lipinski definition) is 2. The number of imidazole rings is 1. The van der Waals surface area contributed by atoms with Gasteiger partial charge >= 0.3 is 5.97 Å². The number of fused-ring (bicyclic) bond motifs is 7. The van der Waals surface area contributed by atoms with Gasteiger partial charge in [0.2, 0.25) is 0 Å². The molecule has 2 N–H and O–H groups in total. The highest BCUT2D eigenvalue weighted by atomic mass is 16.4. The van der Waals surface area contributed by atoms with Gasteiger partial charge in [0, 0.05) is 25.5 Å². The van der Waals surface area contributed by atoms with Crippen molar-refractivity contribution in [2.75, 3.05) is 13.1 Å². The molecule has 1 aromatic carbocycles. The van der Waals surface area contributed by atoms with Crippen molar-refractivity contribution in [3.05, 3.63) is 71.8 Å². The second-order valence-electron chi connectivity index (χ2n) is 19.1. The van der Waals surface area contributed by atoms with Gasteiger partial charge in [0.25, 0.3) is 0 Å². The molecule has 1 aromatic heterocycles. The zero-order valence-corrected chi connectivity index (χ0v) is 32.3. The van der Waals surface area contributed by atoms with Gasteiger partial charge in [0.1, 0.15) is 5.82 Å². The summed E-state index contributed by atoms with van der Waals surface area (Å²) in [4.78, 5) is 16.0. The van der Waals surface area contributed by atoms with E-state index in [4.69, 9.17) is 0 Å². The second-order valence-corrected chi connectivity index (χ2v) is 19.1. The fourth-order valence-corrected chi connectivity index (χ4v) is 14.1. The number of hydrogen-bond acceptors (Lipinski definition) is 3. The summed E-state index contributed by atoms with van der Waals surface area (Å²) in [5.74, 6) is 3.94. The molecule has 0 spiro atoms. The molecule has 7 rings (SSSR count). The van der Waals surface area contributed by atoms with Gasteiger partial charge in [-0.05, 0) is 171 Å². The molecule has 2 aromatic rings. The van der Waals surface area contributed by atoms with E-state index in [-0.39, 0.29) is 10.8 Å². The highest BCUT2D eigenvalue weighted by molar-refractivity contribution is 5.88. The van der Waals surface area contributed by atoms with Crippen LogP contribution in [0.25, 0.3) is 5.57 Å². The number of benzene rings is 1. The molecule has 1 unspecified atom stereocenters. The molecule has 0 amide bonds. The average Bonchev–Trinajstić information content (AvgIpc) is 3.63. The van der Waals surface area contributed by atoms with Crippen molar-refractivity contribution in [1.82, 2.24) is 14.9 Å². The monoisotopic (exact) mass is 680 g/mol. The van der Waals surface area contributed by atoms with Crippen molar-refractivity contribution < 1.29 is 9.90 Å². The molecule has 272 valence electrons. The predicted molar refractivity (Wildman–Crippen MR) is 205 cm³/mol. The molecule has 0 radical (unpaired) electrons. The Morgan fingerprint density at radius 1 is 0.980 bits per heavy atom. The van der Waals surface area contributed by atoms with E-state index in [9.17, 15) is 9.90 Å². The number of nitrogens with one attached hydrogen (secondary N) is 1. The Kier molecular flexibility index (Phi) is 9.13. The maximum atomic E-state index is 11.6. The lowest BCUT2D eigenvalue weighted by Crippen LogP contribution is -2.65. The minimum atomic E-state index is -0.854. The highest BCUT2D eigenvalue weighted by Crippen LogP contribution is 2.77. The molecule has 4 saturated carbocycles. The number of aromatic carboxylic acids is 1. The smallest absolute Gasteiger partial charge is 0.335 e. The summed E-state index contributed by atoms with van der Waals surface area (Å²) in [6.07, 6.45) is 20.9. The number of carboxylic acid groups (broad SMARTS) is 1. The maximum Gasteiger partial charge on any atom is 0.335 e. The first-order valence-corrected chi connectivity index (χ1v) is 20.0. The molecule has 0 bridgehead atoms. The van der Waals surface area contributed by atoms with Gasteiger partial charge in [0.15, 0.2) is 0 Å².